The number of rotatable bonds is 9. The summed E-state index contributed by atoms with van der Waals surface area (Å²) in [5.74, 6) is 0. The maximum Gasteiger partial charge on any atom is 0.231 e. The van der Waals surface area contributed by atoms with Crippen LogP contribution in [0.25, 0.3) is 0 Å². The third kappa shape index (κ3) is 12.0. The first-order chi connectivity index (χ1) is 6.27. The Morgan fingerprint density at radius 1 is 1.31 bits per heavy atom. The van der Waals surface area contributed by atoms with Crippen molar-refractivity contribution in [2.75, 3.05) is 33.0 Å². The van der Waals surface area contributed by atoms with Crippen LogP contribution in [0.15, 0.2) is 0 Å². The van der Waals surface area contributed by atoms with E-state index in [1.165, 1.54) is 0 Å². The fraction of sp³-hybridized carbons (Fsp3) is 1.00. The molecule has 0 radical (unpaired) electrons. The van der Waals surface area contributed by atoms with Crippen molar-refractivity contribution in [3.8, 4) is 0 Å². The molecule has 0 saturated heterocycles. The monoisotopic (exact) mass is 211 g/mol. The second kappa shape index (κ2) is 10.1. The predicted octanol–water partition coefficient (Wildman–Crippen LogP) is 0.156. The van der Waals surface area contributed by atoms with E-state index in [0.29, 0.717) is 26.4 Å². The molecule has 80 valence electrons. The first-order valence-corrected chi connectivity index (χ1v) is 5.38. The Morgan fingerprint density at radius 3 is 2.62 bits per heavy atom. The Bertz CT molecular complexity index is 134. The van der Waals surface area contributed by atoms with E-state index >= 15 is 0 Å². The lowest BCUT2D eigenvalue weighted by atomic mass is 10.5. The van der Waals surface area contributed by atoms with Crippen molar-refractivity contribution in [2.24, 2.45) is 0 Å². The maximum absolute atomic E-state index is 10.1. The summed E-state index contributed by atoms with van der Waals surface area (Å²) in [7, 11) is 0. The summed E-state index contributed by atoms with van der Waals surface area (Å²) in [6.07, 6.45) is 0.857. The molecule has 13 heavy (non-hydrogen) atoms. The van der Waals surface area contributed by atoms with Gasteiger partial charge in [-0.25, -0.2) is 8.93 Å². The molecular weight excluding hydrogens is 194 g/mol. The largest absolute Gasteiger partial charge is 0.382 e. The molecule has 0 fully saturated rings. The van der Waals surface area contributed by atoms with Crippen LogP contribution in [0.3, 0.4) is 0 Å². The van der Waals surface area contributed by atoms with Crippen molar-refractivity contribution in [2.45, 2.75) is 13.3 Å². The minimum absolute atomic E-state index is 0.387. The smallest absolute Gasteiger partial charge is 0.231 e. The molecule has 0 aromatic rings. The second-order valence-corrected chi connectivity index (χ2v) is 3.09. The van der Waals surface area contributed by atoms with Crippen LogP contribution in [0, 0.1) is 0 Å². The van der Waals surface area contributed by atoms with E-state index in [0.717, 1.165) is 13.0 Å². The van der Waals surface area contributed by atoms with E-state index in [4.69, 9.17) is 14.0 Å². The van der Waals surface area contributed by atoms with Gasteiger partial charge in [0.1, 0.15) is 0 Å². The van der Waals surface area contributed by atoms with Crippen molar-refractivity contribution in [1.82, 2.24) is 4.72 Å². The summed E-state index contributed by atoms with van der Waals surface area (Å²) < 4.78 is 31.0. The Balaban J connectivity index is 2.87. The van der Waals surface area contributed by atoms with Crippen LogP contribution in [-0.2, 0) is 20.7 Å². The highest BCUT2D eigenvalue weighted by atomic mass is 32.2. The summed E-state index contributed by atoms with van der Waals surface area (Å²) in [4.78, 5) is 0. The SMILES string of the molecule is CCOCCCOCCNS(=O)O. The number of ether oxygens (including phenoxy) is 2. The van der Waals surface area contributed by atoms with Crippen LogP contribution >= 0.6 is 0 Å². The van der Waals surface area contributed by atoms with E-state index in [2.05, 4.69) is 4.72 Å². The third-order valence-corrected chi connectivity index (χ3v) is 1.70. The van der Waals surface area contributed by atoms with Crippen molar-refractivity contribution >= 4 is 11.3 Å². The van der Waals surface area contributed by atoms with Crippen LogP contribution in [0.4, 0.5) is 0 Å². The van der Waals surface area contributed by atoms with Crippen LogP contribution in [0.5, 0.6) is 0 Å². The highest BCUT2D eigenvalue weighted by Crippen LogP contribution is 1.84. The molecular formula is C7H17NO4S. The molecule has 0 aliphatic heterocycles. The Hall–Kier alpha value is -0.0100. The van der Waals surface area contributed by atoms with Gasteiger partial charge in [-0.1, -0.05) is 0 Å². The fourth-order valence-electron chi connectivity index (χ4n) is 0.711. The average Bonchev–Trinajstić information content (AvgIpc) is 2.09. The zero-order chi connectivity index (χ0) is 9.94. The van der Waals surface area contributed by atoms with Gasteiger partial charge in [-0.15, -0.1) is 0 Å². The van der Waals surface area contributed by atoms with Gasteiger partial charge in [0.25, 0.3) is 0 Å². The van der Waals surface area contributed by atoms with Crippen molar-refractivity contribution in [1.29, 1.82) is 0 Å². The number of nitrogens with one attached hydrogen (secondary N) is 1. The fourth-order valence-corrected chi connectivity index (χ4v) is 0.969. The third-order valence-electron chi connectivity index (χ3n) is 1.25. The van der Waals surface area contributed by atoms with Crippen LogP contribution in [-0.4, -0.2) is 41.7 Å². The molecule has 0 spiro atoms. The first kappa shape index (κ1) is 13.0. The molecule has 0 amide bonds. The molecule has 0 aromatic carbocycles. The van der Waals surface area contributed by atoms with E-state index in [1.807, 2.05) is 6.92 Å². The molecule has 0 aliphatic rings. The zero-order valence-corrected chi connectivity index (χ0v) is 8.64. The highest BCUT2D eigenvalue weighted by molar-refractivity contribution is 7.77. The Labute approximate surface area is 81.2 Å². The minimum atomic E-state index is -1.93. The molecule has 5 nitrogen and oxygen atoms in total. The second-order valence-electron chi connectivity index (χ2n) is 2.31. The van der Waals surface area contributed by atoms with Crippen LogP contribution in [0.1, 0.15) is 13.3 Å². The summed E-state index contributed by atoms with van der Waals surface area (Å²) in [5, 5.41) is 0. The van der Waals surface area contributed by atoms with Gasteiger partial charge in [-0.05, 0) is 13.3 Å². The average molecular weight is 211 g/mol. The maximum atomic E-state index is 10.1. The normalized spacial score (nSPS) is 13.1. The summed E-state index contributed by atoms with van der Waals surface area (Å²) >= 11 is -1.93. The quantitative estimate of drug-likeness (QED) is 0.421. The predicted molar refractivity (Wildman–Crippen MR) is 50.7 cm³/mol. The molecule has 1 unspecified atom stereocenters. The van der Waals surface area contributed by atoms with Gasteiger partial charge >= 0.3 is 0 Å². The van der Waals surface area contributed by atoms with Gasteiger partial charge in [0.05, 0.1) is 6.61 Å². The lowest BCUT2D eigenvalue weighted by Crippen LogP contribution is -2.21. The van der Waals surface area contributed by atoms with E-state index in [-0.39, 0.29) is 0 Å². The van der Waals surface area contributed by atoms with Gasteiger partial charge in [-0.3, -0.25) is 4.55 Å². The Kier molecular flexibility index (Phi) is 10.1. The highest BCUT2D eigenvalue weighted by Gasteiger charge is 1.92. The molecule has 6 heteroatoms. The van der Waals surface area contributed by atoms with E-state index in [1.54, 1.807) is 0 Å². The zero-order valence-electron chi connectivity index (χ0n) is 7.82. The van der Waals surface area contributed by atoms with Gasteiger partial charge < -0.3 is 9.47 Å². The first-order valence-electron chi connectivity index (χ1n) is 4.27. The molecule has 0 bridgehead atoms. The molecule has 0 aliphatic carbocycles. The molecule has 0 rings (SSSR count). The molecule has 1 atom stereocenters. The minimum Gasteiger partial charge on any atom is -0.382 e. The van der Waals surface area contributed by atoms with Crippen LogP contribution in [0.2, 0.25) is 0 Å². The molecule has 2 N–H and O–H groups in total. The molecule has 0 heterocycles. The summed E-state index contributed by atoms with van der Waals surface area (Å²) in [6.45, 7) is 4.83. The van der Waals surface area contributed by atoms with Crippen LogP contribution < -0.4 is 4.72 Å². The van der Waals surface area contributed by atoms with Crippen molar-refractivity contribution in [3.63, 3.8) is 0 Å². The topological polar surface area (TPSA) is 67.8 Å². The number of hydrogen-bond acceptors (Lipinski definition) is 3. The van der Waals surface area contributed by atoms with Crippen molar-refractivity contribution in [3.05, 3.63) is 0 Å². The van der Waals surface area contributed by atoms with Gasteiger partial charge in [0, 0.05) is 26.4 Å². The number of hydrogen-bond donors (Lipinski definition) is 2. The summed E-state index contributed by atoms with van der Waals surface area (Å²) in [5.41, 5.74) is 0. The van der Waals surface area contributed by atoms with Gasteiger partial charge in [0.2, 0.25) is 11.3 Å². The van der Waals surface area contributed by atoms with E-state index < -0.39 is 11.3 Å². The standard InChI is InChI=1S/C7H17NO4S/c1-2-11-5-3-6-12-7-4-8-13(9)10/h8H,2-7H2,1H3,(H,9,10). The summed E-state index contributed by atoms with van der Waals surface area (Å²) in [6, 6.07) is 0. The molecule has 0 aromatic heterocycles. The van der Waals surface area contributed by atoms with Gasteiger partial charge in [0.15, 0.2) is 0 Å². The van der Waals surface area contributed by atoms with E-state index in [9.17, 15) is 4.21 Å². The lowest BCUT2D eigenvalue weighted by Gasteiger charge is -2.03. The Morgan fingerprint density at radius 2 is 2.00 bits per heavy atom. The van der Waals surface area contributed by atoms with Crippen molar-refractivity contribution < 1.29 is 18.2 Å². The molecule has 0 saturated carbocycles. The van der Waals surface area contributed by atoms with Gasteiger partial charge in [-0.2, -0.15) is 0 Å². The lowest BCUT2D eigenvalue weighted by molar-refractivity contribution is 0.0904.